The van der Waals surface area contributed by atoms with Crippen LogP contribution in [0.25, 0.3) is 10.8 Å². The molecule has 3 aromatic carbocycles. The Kier molecular flexibility index (Phi) is 5.54. The van der Waals surface area contributed by atoms with E-state index < -0.39 is 5.82 Å². The molecule has 0 aromatic heterocycles. The molecule has 1 fully saturated rings. The van der Waals surface area contributed by atoms with Crippen LogP contribution in [0, 0.1) is 5.82 Å². The van der Waals surface area contributed by atoms with E-state index in [2.05, 4.69) is 10.2 Å². The zero-order valence-electron chi connectivity index (χ0n) is 18.1. The normalized spacial score (nSPS) is 15.4. The number of para-hydroxylation sites is 1. The summed E-state index contributed by atoms with van der Waals surface area (Å²) >= 11 is 0. The van der Waals surface area contributed by atoms with Crippen LogP contribution >= 0.6 is 0 Å². The second-order valence-electron chi connectivity index (χ2n) is 8.45. The summed E-state index contributed by atoms with van der Waals surface area (Å²) in [4.78, 5) is 41.8. The van der Waals surface area contributed by atoms with Gasteiger partial charge in [-0.15, -0.1) is 0 Å². The molecule has 2 aliphatic rings. The van der Waals surface area contributed by atoms with Crippen molar-refractivity contribution in [3.05, 3.63) is 71.5 Å². The molecule has 3 aromatic rings. The number of imide groups is 1. The molecule has 168 valence electrons. The van der Waals surface area contributed by atoms with Crippen molar-refractivity contribution in [1.29, 1.82) is 0 Å². The number of nitrogens with zero attached hydrogens (tertiary/aromatic N) is 2. The van der Waals surface area contributed by atoms with Crippen molar-refractivity contribution in [2.75, 3.05) is 29.9 Å². The van der Waals surface area contributed by atoms with E-state index in [1.54, 1.807) is 30.3 Å². The number of hydrogen-bond acceptors (Lipinski definition) is 4. The molecular formula is C26H24FN3O3. The Bertz CT molecular complexity index is 1220. The minimum absolute atomic E-state index is 0.0662. The third kappa shape index (κ3) is 3.84. The molecule has 2 heterocycles. The van der Waals surface area contributed by atoms with Crippen molar-refractivity contribution < 1.29 is 18.8 Å². The lowest BCUT2D eigenvalue weighted by molar-refractivity contribution is -0.116. The minimum Gasteiger partial charge on any atom is -0.370 e. The highest BCUT2D eigenvalue weighted by Crippen LogP contribution is 2.32. The molecular weight excluding hydrogens is 421 g/mol. The Morgan fingerprint density at radius 3 is 2.21 bits per heavy atom. The predicted molar refractivity (Wildman–Crippen MR) is 125 cm³/mol. The molecule has 1 saturated heterocycles. The quantitative estimate of drug-likeness (QED) is 0.564. The molecule has 5 rings (SSSR count). The van der Waals surface area contributed by atoms with Crippen LogP contribution in [-0.4, -0.2) is 42.3 Å². The molecule has 7 heteroatoms. The highest BCUT2D eigenvalue weighted by atomic mass is 19.1. The van der Waals surface area contributed by atoms with Gasteiger partial charge in [-0.05, 0) is 48.9 Å². The Hall–Kier alpha value is -3.74. The lowest BCUT2D eigenvalue weighted by Crippen LogP contribution is -2.41. The largest absolute Gasteiger partial charge is 0.370 e. The Morgan fingerprint density at radius 2 is 1.55 bits per heavy atom. The van der Waals surface area contributed by atoms with Gasteiger partial charge in [0, 0.05) is 42.6 Å². The number of anilines is 2. The molecule has 0 saturated carbocycles. The Morgan fingerprint density at radius 1 is 0.909 bits per heavy atom. The predicted octanol–water partition coefficient (Wildman–Crippen LogP) is 4.59. The molecule has 0 unspecified atom stereocenters. The van der Waals surface area contributed by atoms with Gasteiger partial charge in [0.15, 0.2) is 0 Å². The molecule has 33 heavy (non-hydrogen) atoms. The van der Waals surface area contributed by atoms with Gasteiger partial charge >= 0.3 is 0 Å². The molecule has 0 bridgehead atoms. The highest BCUT2D eigenvalue weighted by Gasteiger charge is 2.32. The van der Waals surface area contributed by atoms with E-state index >= 15 is 0 Å². The fourth-order valence-corrected chi connectivity index (χ4v) is 4.74. The van der Waals surface area contributed by atoms with Crippen molar-refractivity contribution in [2.45, 2.75) is 25.7 Å². The zero-order valence-corrected chi connectivity index (χ0v) is 18.1. The van der Waals surface area contributed by atoms with Crippen LogP contribution in [0.15, 0.2) is 54.6 Å². The van der Waals surface area contributed by atoms with Crippen molar-refractivity contribution in [3.63, 3.8) is 0 Å². The molecule has 0 spiro atoms. The van der Waals surface area contributed by atoms with Crippen LogP contribution in [0.2, 0.25) is 0 Å². The molecule has 6 nitrogen and oxygen atoms in total. The zero-order chi connectivity index (χ0) is 22.9. The number of amides is 3. The summed E-state index contributed by atoms with van der Waals surface area (Å²) in [5.41, 5.74) is 1.87. The maximum absolute atomic E-state index is 14.5. The molecule has 0 aliphatic carbocycles. The van der Waals surface area contributed by atoms with Crippen LogP contribution in [-0.2, 0) is 4.79 Å². The topological polar surface area (TPSA) is 69.7 Å². The first-order chi connectivity index (χ1) is 16.0. The van der Waals surface area contributed by atoms with Gasteiger partial charge in [-0.25, -0.2) is 4.39 Å². The summed E-state index contributed by atoms with van der Waals surface area (Å²) in [7, 11) is 0. The molecule has 3 amide bonds. The first-order valence-electron chi connectivity index (χ1n) is 11.3. The van der Waals surface area contributed by atoms with E-state index in [0.29, 0.717) is 22.2 Å². The maximum Gasteiger partial charge on any atom is 0.261 e. The number of rotatable bonds is 6. The van der Waals surface area contributed by atoms with E-state index in [1.165, 1.54) is 11.0 Å². The fraction of sp³-hybridized carbons (Fsp3) is 0.269. The summed E-state index contributed by atoms with van der Waals surface area (Å²) in [6, 6.07) is 15.6. The van der Waals surface area contributed by atoms with Gasteiger partial charge < -0.3 is 10.2 Å². The van der Waals surface area contributed by atoms with Gasteiger partial charge in [0.25, 0.3) is 11.8 Å². The van der Waals surface area contributed by atoms with Gasteiger partial charge in [-0.1, -0.05) is 30.3 Å². The summed E-state index contributed by atoms with van der Waals surface area (Å²) in [6.45, 7) is 1.78. The van der Waals surface area contributed by atoms with Crippen LogP contribution in [0.3, 0.4) is 0 Å². The minimum atomic E-state index is -0.473. The molecule has 0 atom stereocenters. The average Bonchev–Trinajstić information content (AvgIpc) is 3.35. The summed E-state index contributed by atoms with van der Waals surface area (Å²) in [5, 5.41) is 4.23. The third-order valence-corrected chi connectivity index (χ3v) is 6.34. The van der Waals surface area contributed by atoms with E-state index in [0.717, 1.165) is 31.3 Å². The second-order valence-corrected chi connectivity index (χ2v) is 8.45. The third-order valence-electron chi connectivity index (χ3n) is 6.34. The second kappa shape index (κ2) is 8.65. The number of benzene rings is 3. The average molecular weight is 445 g/mol. The number of hydrogen-bond donors (Lipinski definition) is 1. The molecule has 1 N–H and O–H groups in total. The maximum atomic E-state index is 14.5. The Labute approximate surface area is 191 Å². The standard InChI is InChI=1S/C26H24FN3O3/c27-20-11-5-12-21(29-14-1-2-15-29)24(20)28-22(31)13-6-16-30-25(32)18-9-3-7-17-8-4-10-19(23(17)18)26(30)33/h3-5,7-12H,1-2,6,13-16H2,(H,28,31). The van der Waals surface area contributed by atoms with Gasteiger partial charge in [0.05, 0.1) is 5.69 Å². The van der Waals surface area contributed by atoms with E-state index in [9.17, 15) is 18.8 Å². The van der Waals surface area contributed by atoms with Gasteiger partial charge in [-0.3, -0.25) is 19.3 Å². The first-order valence-corrected chi connectivity index (χ1v) is 11.3. The number of carbonyl (C=O) groups is 3. The smallest absolute Gasteiger partial charge is 0.261 e. The van der Waals surface area contributed by atoms with Crippen molar-refractivity contribution in [2.24, 2.45) is 0 Å². The van der Waals surface area contributed by atoms with Crippen molar-refractivity contribution in [1.82, 2.24) is 4.90 Å². The number of carbonyl (C=O) groups excluding carboxylic acids is 3. The summed E-state index contributed by atoms with van der Waals surface area (Å²) in [5.74, 6) is -1.52. The van der Waals surface area contributed by atoms with Crippen molar-refractivity contribution in [3.8, 4) is 0 Å². The Balaban J connectivity index is 1.26. The van der Waals surface area contributed by atoms with Crippen molar-refractivity contribution >= 4 is 39.9 Å². The monoisotopic (exact) mass is 445 g/mol. The lowest BCUT2D eigenvalue weighted by Gasteiger charge is -2.27. The van der Waals surface area contributed by atoms with Crippen LogP contribution in [0.5, 0.6) is 0 Å². The van der Waals surface area contributed by atoms with Gasteiger partial charge in [0.1, 0.15) is 11.5 Å². The van der Waals surface area contributed by atoms with Crippen LogP contribution < -0.4 is 10.2 Å². The molecule has 0 radical (unpaired) electrons. The fourth-order valence-electron chi connectivity index (χ4n) is 4.74. The van der Waals surface area contributed by atoms with Gasteiger partial charge in [0.2, 0.25) is 5.91 Å². The van der Waals surface area contributed by atoms with Gasteiger partial charge in [-0.2, -0.15) is 0 Å². The van der Waals surface area contributed by atoms with Crippen LogP contribution in [0.1, 0.15) is 46.4 Å². The number of nitrogens with one attached hydrogen (secondary N) is 1. The van der Waals surface area contributed by atoms with Crippen LogP contribution in [0.4, 0.5) is 15.8 Å². The summed E-state index contributed by atoms with van der Waals surface area (Å²) < 4.78 is 14.5. The number of halogens is 1. The molecule has 2 aliphatic heterocycles. The van der Waals surface area contributed by atoms with E-state index in [-0.39, 0.29) is 42.8 Å². The highest BCUT2D eigenvalue weighted by molar-refractivity contribution is 6.25. The first kappa shape index (κ1) is 21.1. The lowest BCUT2D eigenvalue weighted by atomic mass is 9.94. The van der Waals surface area contributed by atoms with E-state index in [4.69, 9.17) is 0 Å². The summed E-state index contributed by atoms with van der Waals surface area (Å²) in [6.07, 6.45) is 2.43. The SMILES string of the molecule is O=C(CCCN1C(=O)c2cccc3cccc(c23)C1=O)Nc1c(F)cccc1N1CCCC1. The van der Waals surface area contributed by atoms with E-state index in [1.807, 2.05) is 18.2 Å².